The Labute approximate surface area is 148 Å². The van der Waals surface area contributed by atoms with Crippen molar-refractivity contribution in [3.05, 3.63) is 23.8 Å². The summed E-state index contributed by atoms with van der Waals surface area (Å²) in [5, 5.41) is 2.86. The predicted octanol–water partition coefficient (Wildman–Crippen LogP) is 2.30. The SMILES string of the molecule is COc1cc(CNC(=O)COCC2CC2)ccc1OC[C@@H]1CCCO1. The van der Waals surface area contributed by atoms with E-state index in [0.29, 0.717) is 37.2 Å². The molecule has 0 bridgehead atoms. The summed E-state index contributed by atoms with van der Waals surface area (Å²) in [7, 11) is 1.61. The smallest absolute Gasteiger partial charge is 0.246 e. The van der Waals surface area contributed by atoms with Gasteiger partial charge in [0.15, 0.2) is 11.5 Å². The molecule has 1 atom stereocenters. The standard InChI is InChI=1S/C19H27NO5/c1-22-18-9-15(10-20-19(21)13-23-11-14-4-5-14)6-7-17(18)25-12-16-3-2-8-24-16/h6-7,9,14,16H,2-5,8,10-13H2,1H3,(H,20,21)/t16-/m0/s1. The van der Waals surface area contributed by atoms with Gasteiger partial charge in [0.05, 0.1) is 19.8 Å². The second-order valence-corrected chi connectivity index (χ2v) is 6.67. The molecule has 0 unspecified atom stereocenters. The summed E-state index contributed by atoms with van der Waals surface area (Å²) in [6.07, 6.45) is 4.74. The third kappa shape index (κ3) is 5.90. The van der Waals surface area contributed by atoms with Gasteiger partial charge < -0.3 is 24.3 Å². The largest absolute Gasteiger partial charge is 0.493 e. The Kier molecular flexibility index (Phi) is 6.53. The molecule has 3 rings (SSSR count). The van der Waals surface area contributed by atoms with E-state index in [2.05, 4.69) is 5.32 Å². The van der Waals surface area contributed by atoms with Gasteiger partial charge in [0, 0.05) is 13.2 Å². The lowest BCUT2D eigenvalue weighted by molar-refractivity contribution is -0.126. The van der Waals surface area contributed by atoms with E-state index in [1.54, 1.807) is 7.11 Å². The zero-order valence-corrected chi connectivity index (χ0v) is 14.8. The van der Waals surface area contributed by atoms with E-state index in [-0.39, 0.29) is 18.6 Å². The molecule has 2 aliphatic rings. The Hall–Kier alpha value is -1.79. The molecule has 1 N–H and O–H groups in total. The van der Waals surface area contributed by atoms with Gasteiger partial charge in [-0.2, -0.15) is 0 Å². The fourth-order valence-corrected chi connectivity index (χ4v) is 2.75. The van der Waals surface area contributed by atoms with Crippen LogP contribution in [0, 0.1) is 5.92 Å². The Morgan fingerprint density at radius 2 is 2.12 bits per heavy atom. The highest BCUT2D eigenvalue weighted by atomic mass is 16.5. The zero-order valence-electron chi connectivity index (χ0n) is 14.8. The van der Waals surface area contributed by atoms with Crippen molar-refractivity contribution in [3.63, 3.8) is 0 Å². The normalized spacial score (nSPS) is 19.6. The highest BCUT2D eigenvalue weighted by Crippen LogP contribution is 2.29. The lowest BCUT2D eigenvalue weighted by Crippen LogP contribution is -2.27. The third-order valence-corrected chi connectivity index (χ3v) is 4.45. The van der Waals surface area contributed by atoms with Gasteiger partial charge >= 0.3 is 0 Å². The van der Waals surface area contributed by atoms with E-state index in [9.17, 15) is 4.79 Å². The molecule has 0 radical (unpaired) electrons. The Balaban J connectivity index is 1.43. The summed E-state index contributed by atoms with van der Waals surface area (Å²) >= 11 is 0. The molecular weight excluding hydrogens is 322 g/mol. The Morgan fingerprint density at radius 3 is 2.84 bits per heavy atom. The monoisotopic (exact) mass is 349 g/mol. The molecule has 6 heteroatoms. The lowest BCUT2D eigenvalue weighted by atomic mass is 10.2. The first-order chi connectivity index (χ1) is 12.2. The molecule has 0 aromatic heterocycles. The van der Waals surface area contributed by atoms with Crippen molar-refractivity contribution in [1.29, 1.82) is 0 Å². The number of carbonyl (C=O) groups is 1. The number of benzene rings is 1. The highest BCUT2D eigenvalue weighted by molar-refractivity contribution is 5.77. The van der Waals surface area contributed by atoms with Crippen LogP contribution >= 0.6 is 0 Å². The van der Waals surface area contributed by atoms with Gasteiger partial charge in [0.25, 0.3) is 0 Å². The molecule has 1 saturated heterocycles. The van der Waals surface area contributed by atoms with Crippen molar-refractivity contribution in [2.24, 2.45) is 5.92 Å². The minimum atomic E-state index is -0.0988. The molecule has 1 heterocycles. The summed E-state index contributed by atoms with van der Waals surface area (Å²) in [5.74, 6) is 1.92. The van der Waals surface area contributed by atoms with Crippen molar-refractivity contribution in [3.8, 4) is 11.5 Å². The van der Waals surface area contributed by atoms with Gasteiger partial charge in [-0.1, -0.05) is 6.07 Å². The van der Waals surface area contributed by atoms with E-state index < -0.39 is 0 Å². The van der Waals surface area contributed by atoms with Crippen LogP contribution in [-0.4, -0.2) is 45.5 Å². The number of amides is 1. The van der Waals surface area contributed by atoms with Crippen molar-refractivity contribution >= 4 is 5.91 Å². The fraction of sp³-hybridized carbons (Fsp3) is 0.632. The number of hydrogen-bond acceptors (Lipinski definition) is 5. The summed E-state index contributed by atoms with van der Waals surface area (Å²) in [4.78, 5) is 11.8. The number of methoxy groups -OCH3 is 1. The van der Waals surface area contributed by atoms with Crippen LogP contribution in [-0.2, 0) is 20.8 Å². The number of hydrogen-bond donors (Lipinski definition) is 1. The van der Waals surface area contributed by atoms with Crippen LogP contribution in [0.3, 0.4) is 0 Å². The van der Waals surface area contributed by atoms with Crippen LogP contribution < -0.4 is 14.8 Å². The van der Waals surface area contributed by atoms with Crippen LogP contribution in [0.1, 0.15) is 31.2 Å². The highest BCUT2D eigenvalue weighted by Gasteiger charge is 2.21. The van der Waals surface area contributed by atoms with E-state index in [1.165, 1.54) is 12.8 Å². The van der Waals surface area contributed by atoms with Crippen LogP contribution in [0.4, 0.5) is 0 Å². The average molecular weight is 349 g/mol. The molecule has 6 nitrogen and oxygen atoms in total. The molecule has 1 saturated carbocycles. The van der Waals surface area contributed by atoms with Gasteiger partial charge in [0.1, 0.15) is 13.2 Å². The van der Waals surface area contributed by atoms with E-state index in [4.69, 9.17) is 18.9 Å². The van der Waals surface area contributed by atoms with Crippen molar-refractivity contribution in [2.75, 3.05) is 33.5 Å². The van der Waals surface area contributed by atoms with Gasteiger partial charge in [0.2, 0.25) is 5.91 Å². The lowest BCUT2D eigenvalue weighted by Gasteiger charge is -2.15. The second kappa shape index (κ2) is 9.06. The third-order valence-electron chi connectivity index (χ3n) is 4.45. The molecule has 25 heavy (non-hydrogen) atoms. The van der Waals surface area contributed by atoms with Crippen molar-refractivity contribution in [2.45, 2.75) is 38.3 Å². The summed E-state index contributed by atoms with van der Waals surface area (Å²) in [6, 6.07) is 5.69. The molecular formula is C19H27NO5. The summed E-state index contributed by atoms with van der Waals surface area (Å²) < 4.78 is 22.2. The van der Waals surface area contributed by atoms with Crippen LogP contribution in [0.2, 0.25) is 0 Å². The summed E-state index contributed by atoms with van der Waals surface area (Å²) in [5.41, 5.74) is 0.955. The van der Waals surface area contributed by atoms with Crippen molar-refractivity contribution in [1.82, 2.24) is 5.32 Å². The van der Waals surface area contributed by atoms with Gasteiger partial charge in [-0.25, -0.2) is 0 Å². The second-order valence-electron chi connectivity index (χ2n) is 6.67. The topological polar surface area (TPSA) is 66.0 Å². The quantitative estimate of drug-likeness (QED) is 0.702. The molecule has 1 aromatic carbocycles. The molecule has 138 valence electrons. The molecule has 1 aliphatic heterocycles. The number of rotatable bonds is 10. The molecule has 1 aliphatic carbocycles. The van der Waals surface area contributed by atoms with E-state index >= 15 is 0 Å². The average Bonchev–Trinajstić information content (AvgIpc) is 3.30. The maximum Gasteiger partial charge on any atom is 0.246 e. The predicted molar refractivity (Wildman–Crippen MR) is 92.9 cm³/mol. The van der Waals surface area contributed by atoms with E-state index in [0.717, 1.165) is 25.0 Å². The van der Waals surface area contributed by atoms with Crippen LogP contribution in [0.5, 0.6) is 11.5 Å². The molecule has 1 amide bonds. The first-order valence-electron chi connectivity index (χ1n) is 9.00. The summed E-state index contributed by atoms with van der Waals surface area (Å²) in [6.45, 7) is 2.60. The first-order valence-corrected chi connectivity index (χ1v) is 9.00. The van der Waals surface area contributed by atoms with Crippen LogP contribution in [0.15, 0.2) is 18.2 Å². The minimum Gasteiger partial charge on any atom is -0.493 e. The first kappa shape index (κ1) is 18.0. The van der Waals surface area contributed by atoms with Gasteiger partial charge in [-0.15, -0.1) is 0 Å². The maximum atomic E-state index is 11.8. The molecule has 2 fully saturated rings. The Bertz CT molecular complexity index is 567. The molecule has 0 spiro atoms. The Morgan fingerprint density at radius 1 is 1.24 bits per heavy atom. The van der Waals surface area contributed by atoms with Crippen molar-refractivity contribution < 1.29 is 23.7 Å². The zero-order chi connectivity index (χ0) is 17.5. The van der Waals surface area contributed by atoms with Gasteiger partial charge in [-0.05, 0) is 49.3 Å². The van der Waals surface area contributed by atoms with Crippen LogP contribution in [0.25, 0.3) is 0 Å². The van der Waals surface area contributed by atoms with Gasteiger partial charge in [-0.3, -0.25) is 4.79 Å². The van der Waals surface area contributed by atoms with E-state index in [1.807, 2.05) is 18.2 Å². The number of carbonyl (C=O) groups excluding carboxylic acids is 1. The fourth-order valence-electron chi connectivity index (χ4n) is 2.75. The maximum absolute atomic E-state index is 11.8. The number of nitrogens with one attached hydrogen (secondary N) is 1. The minimum absolute atomic E-state index is 0.0988. The molecule has 1 aromatic rings. The number of ether oxygens (including phenoxy) is 4.